The summed E-state index contributed by atoms with van der Waals surface area (Å²) < 4.78 is 0. The average Bonchev–Trinajstić information content (AvgIpc) is 2.56. The molecule has 0 unspecified atom stereocenters. The minimum Gasteiger partial charge on any atom is -0.323 e. The third-order valence-electron chi connectivity index (χ3n) is 3.83. The van der Waals surface area contributed by atoms with Crippen molar-refractivity contribution in [3.8, 4) is 0 Å². The third-order valence-corrected chi connectivity index (χ3v) is 3.83. The highest BCUT2D eigenvalue weighted by molar-refractivity contribution is 6.07. The molecule has 2 rings (SSSR count). The molecule has 0 radical (unpaired) electrons. The molecule has 4 nitrogen and oxygen atoms in total. The van der Waals surface area contributed by atoms with E-state index in [0.29, 0.717) is 12.3 Å². The molecular weight excluding hydrogens is 192 g/mol. The van der Waals surface area contributed by atoms with E-state index >= 15 is 0 Å². The fraction of sp³-hybridized carbons (Fsp3) is 0.818. The van der Waals surface area contributed by atoms with Gasteiger partial charge in [0.2, 0.25) is 0 Å². The number of hydrogen-bond donors (Lipinski definition) is 2. The maximum absolute atomic E-state index is 11.8. The second-order valence-corrected chi connectivity index (χ2v) is 4.57. The Hall–Kier alpha value is -1.06. The molecule has 0 bridgehead atoms. The Labute approximate surface area is 89.8 Å². The molecule has 1 aliphatic carbocycles. The maximum atomic E-state index is 11.8. The van der Waals surface area contributed by atoms with E-state index in [1.807, 2.05) is 6.92 Å². The lowest BCUT2D eigenvalue weighted by molar-refractivity contribution is -0.126. The number of carbonyl (C=O) groups excluding carboxylic acids is 2. The number of rotatable bonds is 2. The Bertz CT molecular complexity index is 284. The first kappa shape index (κ1) is 10.5. The van der Waals surface area contributed by atoms with Gasteiger partial charge < -0.3 is 5.32 Å². The van der Waals surface area contributed by atoms with E-state index in [1.54, 1.807) is 0 Å². The van der Waals surface area contributed by atoms with E-state index in [1.165, 1.54) is 19.3 Å². The van der Waals surface area contributed by atoms with Crippen molar-refractivity contribution in [2.75, 3.05) is 0 Å². The van der Waals surface area contributed by atoms with Gasteiger partial charge in [-0.1, -0.05) is 26.2 Å². The van der Waals surface area contributed by atoms with Crippen LogP contribution in [0.4, 0.5) is 4.79 Å². The maximum Gasteiger partial charge on any atom is 0.322 e. The normalized spacial score (nSPS) is 32.6. The summed E-state index contributed by atoms with van der Waals surface area (Å²) >= 11 is 0. The molecular formula is C11H18N2O2. The molecule has 0 aromatic rings. The van der Waals surface area contributed by atoms with Crippen molar-refractivity contribution in [2.45, 2.75) is 51.0 Å². The van der Waals surface area contributed by atoms with E-state index in [9.17, 15) is 9.59 Å². The Balaban J connectivity index is 2.20. The highest BCUT2D eigenvalue weighted by atomic mass is 16.2. The van der Waals surface area contributed by atoms with Crippen LogP contribution in [0, 0.1) is 5.92 Å². The second-order valence-electron chi connectivity index (χ2n) is 4.57. The Morgan fingerprint density at radius 1 is 1.27 bits per heavy atom. The van der Waals surface area contributed by atoms with Gasteiger partial charge in [0.05, 0.1) is 0 Å². The van der Waals surface area contributed by atoms with E-state index in [-0.39, 0.29) is 11.9 Å². The van der Waals surface area contributed by atoms with Gasteiger partial charge >= 0.3 is 6.03 Å². The molecule has 0 aromatic heterocycles. The molecule has 0 spiro atoms. The first-order chi connectivity index (χ1) is 7.19. The minimum absolute atomic E-state index is 0.123. The topological polar surface area (TPSA) is 58.2 Å². The third kappa shape index (κ3) is 1.62. The lowest BCUT2D eigenvalue weighted by atomic mass is 9.73. The van der Waals surface area contributed by atoms with Crippen molar-refractivity contribution < 1.29 is 9.59 Å². The van der Waals surface area contributed by atoms with Gasteiger partial charge in [0.1, 0.15) is 5.54 Å². The van der Waals surface area contributed by atoms with Gasteiger partial charge in [-0.3, -0.25) is 10.1 Å². The van der Waals surface area contributed by atoms with Gasteiger partial charge in [0.15, 0.2) is 0 Å². The molecule has 3 amide bonds. The fourth-order valence-corrected chi connectivity index (χ4v) is 2.93. The van der Waals surface area contributed by atoms with Crippen LogP contribution in [0.15, 0.2) is 0 Å². The molecule has 84 valence electrons. The van der Waals surface area contributed by atoms with Crippen LogP contribution in [0.25, 0.3) is 0 Å². The summed E-state index contributed by atoms with van der Waals surface area (Å²) in [5, 5.41) is 5.20. The van der Waals surface area contributed by atoms with E-state index in [4.69, 9.17) is 0 Å². The number of urea groups is 1. The van der Waals surface area contributed by atoms with Gasteiger partial charge in [0, 0.05) is 0 Å². The first-order valence-corrected chi connectivity index (χ1v) is 5.82. The van der Waals surface area contributed by atoms with E-state index < -0.39 is 5.54 Å². The molecule has 4 heteroatoms. The summed E-state index contributed by atoms with van der Waals surface area (Å²) in [5.74, 6) is 0.199. The Morgan fingerprint density at radius 3 is 2.40 bits per heavy atom. The zero-order valence-corrected chi connectivity index (χ0v) is 9.14. The molecule has 0 aromatic carbocycles. The zero-order chi connectivity index (χ0) is 10.9. The lowest BCUT2D eigenvalue weighted by Gasteiger charge is -2.36. The SMILES string of the molecule is CC[C@]1(C2CCCCC2)NC(=O)NC1=O. The Morgan fingerprint density at radius 2 is 1.93 bits per heavy atom. The predicted molar refractivity (Wildman–Crippen MR) is 56.3 cm³/mol. The summed E-state index contributed by atoms with van der Waals surface area (Å²) in [6, 6.07) is -0.326. The first-order valence-electron chi connectivity index (χ1n) is 5.82. The van der Waals surface area contributed by atoms with Crippen LogP contribution in [-0.4, -0.2) is 17.5 Å². The van der Waals surface area contributed by atoms with E-state index in [0.717, 1.165) is 12.8 Å². The number of imide groups is 1. The van der Waals surface area contributed by atoms with Crippen LogP contribution in [0.2, 0.25) is 0 Å². The summed E-state index contributed by atoms with van der Waals surface area (Å²) in [4.78, 5) is 23.1. The van der Waals surface area contributed by atoms with Crippen LogP contribution in [0.5, 0.6) is 0 Å². The average molecular weight is 210 g/mol. The minimum atomic E-state index is -0.614. The fourth-order valence-electron chi connectivity index (χ4n) is 2.93. The van der Waals surface area contributed by atoms with Crippen molar-refractivity contribution in [3.63, 3.8) is 0 Å². The van der Waals surface area contributed by atoms with Gasteiger partial charge in [-0.15, -0.1) is 0 Å². The van der Waals surface area contributed by atoms with Crippen LogP contribution >= 0.6 is 0 Å². The molecule has 1 saturated carbocycles. The highest BCUT2D eigenvalue weighted by Gasteiger charge is 2.50. The molecule has 1 atom stereocenters. The van der Waals surface area contributed by atoms with Crippen molar-refractivity contribution in [1.29, 1.82) is 0 Å². The predicted octanol–water partition coefficient (Wildman–Crippen LogP) is 1.55. The highest BCUT2D eigenvalue weighted by Crippen LogP contribution is 2.36. The molecule has 1 aliphatic heterocycles. The second kappa shape index (κ2) is 3.83. The van der Waals surface area contributed by atoms with Gasteiger partial charge in [0.25, 0.3) is 5.91 Å². The summed E-state index contributed by atoms with van der Waals surface area (Å²) in [7, 11) is 0. The van der Waals surface area contributed by atoms with Crippen molar-refractivity contribution in [3.05, 3.63) is 0 Å². The number of nitrogens with one attached hydrogen (secondary N) is 2. The number of hydrogen-bond acceptors (Lipinski definition) is 2. The van der Waals surface area contributed by atoms with Gasteiger partial charge in [-0.25, -0.2) is 4.79 Å². The molecule has 1 heterocycles. The molecule has 2 N–H and O–H groups in total. The molecule has 1 saturated heterocycles. The van der Waals surface area contributed by atoms with Crippen LogP contribution in [0.3, 0.4) is 0 Å². The lowest BCUT2D eigenvalue weighted by Crippen LogP contribution is -2.53. The van der Waals surface area contributed by atoms with Crippen LogP contribution < -0.4 is 10.6 Å². The van der Waals surface area contributed by atoms with Crippen molar-refractivity contribution in [1.82, 2.24) is 10.6 Å². The van der Waals surface area contributed by atoms with Crippen molar-refractivity contribution in [2.24, 2.45) is 5.92 Å². The monoisotopic (exact) mass is 210 g/mol. The smallest absolute Gasteiger partial charge is 0.322 e. The Kier molecular flexibility index (Phi) is 2.67. The van der Waals surface area contributed by atoms with Crippen LogP contribution in [-0.2, 0) is 4.79 Å². The van der Waals surface area contributed by atoms with Crippen molar-refractivity contribution >= 4 is 11.9 Å². The van der Waals surface area contributed by atoms with Gasteiger partial charge in [-0.2, -0.15) is 0 Å². The molecule has 2 fully saturated rings. The number of amides is 3. The summed E-state index contributed by atoms with van der Waals surface area (Å²) in [6.07, 6.45) is 6.41. The molecule has 15 heavy (non-hydrogen) atoms. The number of carbonyl (C=O) groups is 2. The molecule has 2 aliphatic rings. The van der Waals surface area contributed by atoms with Gasteiger partial charge in [-0.05, 0) is 25.2 Å². The quantitative estimate of drug-likeness (QED) is 0.679. The van der Waals surface area contributed by atoms with E-state index in [2.05, 4.69) is 10.6 Å². The summed E-state index contributed by atoms with van der Waals surface area (Å²) in [6.45, 7) is 1.97. The zero-order valence-electron chi connectivity index (χ0n) is 9.14. The standard InChI is InChI=1S/C11H18N2O2/c1-2-11(8-6-4-3-5-7-8)9(14)12-10(15)13-11/h8H,2-7H2,1H3,(H2,12,13,14,15)/t11-/m1/s1. The summed E-state index contributed by atoms with van der Waals surface area (Å²) in [5.41, 5.74) is -0.614. The largest absolute Gasteiger partial charge is 0.323 e. The van der Waals surface area contributed by atoms with Crippen LogP contribution in [0.1, 0.15) is 45.4 Å².